The molecule has 0 heterocycles. The maximum Gasteiger partial charge on any atom is 0.156 e. The molecule has 0 amide bonds. The zero-order chi connectivity index (χ0) is 10.2. The summed E-state index contributed by atoms with van der Waals surface area (Å²) in [5.74, 6) is 0. The topological polar surface area (TPSA) is 60.2 Å². The minimum Gasteiger partial charge on any atom is -0.328 e. The van der Waals surface area contributed by atoms with Crippen LogP contribution in [0.2, 0.25) is 0 Å². The molecule has 0 aromatic heterocycles. The number of rotatable bonds is 2. The first-order valence-corrected chi connectivity index (χ1v) is 7.20. The lowest BCUT2D eigenvalue weighted by Crippen LogP contribution is -2.48. The van der Waals surface area contributed by atoms with E-state index < -0.39 is 9.84 Å². The van der Waals surface area contributed by atoms with Crippen LogP contribution in [-0.2, 0) is 9.84 Å². The Hall–Kier alpha value is -0.0900. The predicted molar refractivity (Wildman–Crippen MR) is 56.8 cm³/mol. The minimum absolute atomic E-state index is 0.0475. The first kappa shape index (κ1) is 10.4. The van der Waals surface area contributed by atoms with Crippen LogP contribution in [0.4, 0.5) is 0 Å². The van der Waals surface area contributed by atoms with Crippen molar-refractivity contribution in [3.63, 3.8) is 0 Å². The van der Waals surface area contributed by atoms with Crippen molar-refractivity contribution in [3.8, 4) is 0 Å². The second kappa shape index (κ2) is 3.81. The van der Waals surface area contributed by atoms with Gasteiger partial charge in [0.1, 0.15) is 0 Å². The van der Waals surface area contributed by atoms with Gasteiger partial charge in [-0.15, -0.1) is 0 Å². The minimum atomic E-state index is -2.84. The first-order valence-electron chi connectivity index (χ1n) is 5.59. The Labute approximate surface area is 86.0 Å². The van der Waals surface area contributed by atoms with Gasteiger partial charge in [0.25, 0.3) is 0 Å². The van der Waals surface area contributed by atoms with Crippen LogP contribution in [0.15, 0.2) is 0 Å². The Morgan fingerprint density at radius 2 is 1.50 bits per heavy atom. The van der Waals surface area contributed by atoms with Gasteiger partial charge < -0.3 is 5.73 Å². The molecule has 0 saturated heterocycles. The summed E-state index contributed by atoms with van der Waals surface area (Å²) < 4.78 is 24.1. The molecule has 2 aliphatic rings. The summed E-state index contributed by atoms with van der Waals surface area (Å²) >= 11 is 0. The van der Waals surface area contributed by atoms with E-state index in [-0.39, 0.29) is 16.5 Å². The lowest BCUT2D eigenvalue weighted by atomic mass is 9.93. The van der Waals surface area contributed by atoms with Gasteiger partial charge in [-0.2, -0.15) is 0 Å². The quantitative estimate of drug-likeness (QED) is 0.756. The van der Waals surface area contributed by atoms with Crippen molar-refractivity contribution in [2.45, 2.75) is 61.5 Å². The summed E-state index contributed by atoms with van der Waals surface area (Å²) in [6.45, 7) is 0. The molecule has 2 N–H and O–H groups in total. The molecule has 0 radical (unpaired) electrons. The molecule has 0 atom stereocenters. The monoisotopic (exact) mass is 217 g/mol. The second-order valence-corrected chi connectivity index (χ2v) is 7.21. The van der Waals surface area contributed by atoms with Crippen LogP contribution in [0.3, 0.4) is 0 Å². The Balaban J connectivity index is 2.00. The van der Waals surface area contributed by atoms with E-state index in [1.807, 2.05) is 0 Å². The number of sulfone groups is 1. The van der Waals surface area contributed by atoms with Crippen molar-refractivity contribution in [1.82, 2.24) is 0 Å². The smallest absolute Gasteiger partial charge is 0.156 e. The fraction of sp³-hybridized carbons (Fsp3) is 1.00. The van der Waals surface area contributed by atoms with Crippen LogP contribution in [0.25, 0.3) is 0 Å². The molecule has 3 nitrogen and oxygen atoms in total. The molecule has 2 fully saturated rings. The predicted octanol–water partition coefficient (Wildman–Crippen LogP) is 1.22. The molecule has 82 valence electrons. The van der Waals surface area contributed by atoms with E-state index in [1.165, 1.54) is 6.42 Å². The molecule has 0 aromatic carbocycles. The van der Waals surface area contributed by atoms with Crippen molar-refractivity contribution < 1.29 is 8.42 Å². The molecule has 4 heteroatoms. The molecular weight excluding hydrogens is 198 g/mol. The van der Waals surface area contributed by atoms with Crippen molar-refractivity contribution >= 4 is 9.84 Å². The highest BCUT2D eigenvalue weighted by Crippen LogP contribution is 2.33. The largest absolute Gasteiger partial charge is 0.328 e. The van der Waals surface area contributed by atoms with Crippen LogP contribution in [-0.4, -0.2) is 25.0 Å². The van der Waals surface area contributed by atoms with E-state index in [1.54, 1.807) is 0 Å². The van der Waals surface area contributed by atoms with Crippen LogP contribution >= 0.6 is 0 Å². The molecule has 0 aromatic rings. The van der Waals surface area contributed by atoms with E-state index in [4.69, 9.17) is 5.73 Å². The lowest BCUT2D eigenvalue weighted by Gasteiger charge is -2.35. The molecule has 2 saturated carbocycles. The third kappa shape index (κ3) is 1.82. The van der Waals surface area contributed by atoms with E-state index >= 15 is 0 Å². The third-order valence-corrected chi connectivity index (χ3v) is 6.33. The van der Waals surface area contributed by atoms with Gasteiger partial charge in [-0.3, -0.25) is 0 Å². The molecule has 14 heavy (non-hydrogen) atoms. The molecule has 2 aliphatic carbocycles. The molecule has 0 bridgehead atoms. The number of nitrogens with two attached hydrogens (primary N) is 1. The third-order valence-electron chi connectivity index (χ3n) is 3.61. The number of hydrogen-bond acceptors (Lipinski definition) is 3. The van der Waals surface area contributed by atoms with E-state index in [0.717, 1.165) is 25.7 Å². The zero-order valence-electron chi connectivity index (χ0n) is 8.48. The normalized spacial score (nSPS) is 35.2. The standard InChI is InChI=1S/C10H19NO2S/c11-8-6-10(7-8)14(12,13)9-4-2-1-3-5-9/h8-10H,1-7,11H2. The highest BCUT2D eigenvalue weighted by molar-refractivity contribution is 7.92. The van der Waals surface area contributed by atoms with Gasteiger partial charge in [-0.25, -0.2) is 8.42 Å². The maximum absolute atomic E-state index is 12.1. The molecule has 0 spiro atoms. The molecule has 0 unspecified atom stereocenters. The SMILES string of the molecule is NC1CC(S(=O)(=O)C2CCCCC2)C1. The summed E-state index contributed by atoms with van der Waals surface area (Å²) in [6.07, 6.45) is 6.53. The summed E-state index contributed by atoms with van der Waals surface area (Å²) in [6, 6.07) is 0.137. The fourth-order valence-electron chi connectivity index (χ4n) is 2.54. The van der Waals surface area contributed by atoms with Crippen LogP contribution < -0.4 is 5.73 Å². The highest BCUT2D eigenvalue weighted by Gasteiger charge is 2.41. The average molecular weight is 217 g/mol. The Morgan fingerprint density at radius 1 is 0.929 bits per heavy atom. The van der Waals surface area contributed by atoms with Gasteiger partial charge >= 0.3 is 0 Å². The fourth-order valence-corrected chi connectivity index (χ4v) is 5.11. The molecular formula is C10H19NO2S. The summed E-state index contributed by atoms with van der Waals surface area (Å²) in [4.78, 5) is 0. The lowest BCUT2D eigenvalue weighted by molar-refractivity contribution is 0.395. The van der Waals surface area contributed by atoms with Crippen LogP contribution in [0.5, 0.6) is 0 Å². The van der Waals surface area contributed by atoms with Gasteiger partial charge in [0.05, 0.1) is 10.5 Å². The second-order valence-electron chi connectivity index (χ2n) is 4.70. The van der Waals surface area contributed by atoms with Crippen LogP contribution in [0, 0.1) is 0 Å². The van der Waals surface area contributed by atoms with Crippen molar-refractivity contribution in [1.29, 1.82) is 0 Å². The molecule has 2 rings (SSSR count). The summed E-state index contributed by atoms with van der Waals surface area (Å²) in [7, 11) is -2.84. The van der Waals surface area contributed by atoms with Gasteiger partial charge in [0.15, 0.2) is 9.84 Å². The Morgan fingerprint density at radius 3 is 2.00 bits per heavy atom. The van der Waals surface area contributed by atoms with Gasteiger partial charge in [-0.1, -0.05) is 19.3 Å². The maximum atomic E-state index is 12.1. The molecule has 0 aliphatic heterocycles. The van der Waals surface area contributed by atoms with Crippen molar-refractivity contribution in [3.05, 3.63) is 0 Å². The van der Waals surface area contributed by atoms with Gasteiger partial charge in [0, 0.05) is 6.04 Å². The van der Waals surface area contributed by atoms with E-state index in [9.17, 15) is 8.42 Å². The zero-order valence-corrected chi connectivity index (χ0v) is 9.30. The average Bonchev–Trinajstić information content (AvgIpc) is 2.14. The number of hydrogen-bond donors (Lipinski definition) is 1. The van der Waals surface area contributed by atoms with Crippen LogP contribution in [0.1, 0.15) is 44.9 Å². The van der Waals surface area contributed by atoms with Crippen molar-refractivity contribution in [2.24, 2.45) is 5.73 Å². The first-order chi connectivity index (χ1) is 6.60. The summed E-state index contributed by atoms with van der Waals surface area (Å²) in [5.41, 5.74) is 5.63. The highest BCUT2D eigenvalue weighted by atomic mass is 32.2. The van der Waals surface area contributed by atoms with Crippen molar-refractivity contribution in [2.75, 3.05) is 0 Å². The van der Waals surface area contributed by atoms with Gasteiger partial charge in [-0.05, 0) is 25.7 Å². The summed E-state index contributed by atoms with van der Waals surface area (Å²) in [5, 5.41) is -0.158. The van der Waals surface area contributed by atoms with E-state index in [2.05, 4.69) is 0 Å². The van der Waals surface area contributed by atoms with Gasteiger partial charge in [0.2, 0.25) is 0 Å². The van der Waals surface area contributed by atoms with E-state index in [0.29, 0.717) is 12.8 Å². The Kier molecular flexibility index (Phi) is 2.84. The Bertz CT molecular complexity index is 287.